The quantitative estimate of drug-likeness (QED) is 0.798. The molecular weight excluding hydrogens is 232 g/mol. The van der Waals surface area contributed by atoms with E-state index in [4.69, 9.17) is 0 Å². The summed E-state index contributed by atoms with van der Waals surface area (Å²) in [7, 11) is 0. The van der Waals surface area contributed by atoms with Gasteiger partial charge >= 0.3 is 0 Å². The average molecular weight is 245 g/mol. The molecule has 0 aliphatic rings. The summed E-state index contributed by atoms with van der Waals surface area (Å²) in [6.07, 6.45) is 1.60. The number of hydrogen-bond acceptors (Lipinski definition) is 2. The SMILES string of the molecule is Cc1ncn(CC(C)C)c(=O)c1Br. The molecule has 1 aromatic heterocycles. The molecule has 0 saturated heterocycles. The summed E-state index contributed by atoms with van der Waals surface area (Å²) in [6.45, 7) is 6.66. The Morgan fingerprint density at radius 3 is 2.77 bits per heavy atom. The van der Waals surface area contributed by atoms with Gasteiger partial charge in [0.1, 0.15) is 4.47 Å². The number of halogens is 1. The second kappa shape index (κ2) is 4.05. The maximum absolute atomic E-state index is 11.6. The molecule has 0 N–H and O–H groups in total. The lowest BCUT2D eigenvalue weighted by Crippen LogP contribution is -2.24. The number of rotatable bonds is 2. The molecule has 0 aliphatic carbocycles. The minimum absolute atomic E-state index is 0.00111. The lowest BCUT2D eigenvalue weighted by molar-refractivity contribution is 0.503. The lowest BCUT2D eigenvalue weighted by atomic mass is 10.2. The molecule has 0 unspecified atom stereocenters. The average Bonchev–Trinajstić information content (AvgIpc) is 2.06. The molecule has 1 heterocycles. The van der Waals surface area contributed by atoms with Crippen LogP contribution in [-0.4, -0.2) is 9.55 Å². The first-order valence-corrected chi connectivity index (χ1v) is 5.03. The van der Waals surface area contributed by atoms with Crippen LogP contribution in [0.15, 0.2) is 15.6 Å². The van der Waals surface area contributed by atoms with Crippen LogP contribution < -0.4 is 5.56 Å². The van der Waals surface area contributed by atoms with Gasteiger partial charge in [-0.05, 0) is 28.8 Å². The van der Waals surface area contributed by atoms with E-state index in [0.29, 0.717) is 16.9 Å². The predicted molar refractivity (Wildman–Crippen MR) is 55.8 cm³/mol. The highest BCUT2D eigenvalue weighted by atomic mass is 79.9. The highest BCUT2D eigenvalue weighted by Crippen LogP contribution is 2.06. The van der Waals surface area contributed by atoms with Gasteiger partial charge in [0.2, 0.25) is 0 Å². The second-order valence-electron chi connectivity index (χ2n) is 3.50. The van der Waals surface area contributed by atoms with E-state index in [1.54, 1.807) is 10.9 Å². The van der Waals surface area contributed by atoms with E-state index >= 15 is 0 Å². The van der Waals surface area contributed by atoms with Gasteiger partial charge in [-0.2, -0.15) is 0 Å². The Bertz CT molecular complexity index is 357. The molecule has 13 heavy (non-hydrogen) atoms. The normalized spacial score (nSPS) is 10.8. The van der Waals surface area contributed by atoms with Gasteiger partial charge in [0, 0.05) is 6.54 Å². The molecule has 0 spiro atoms. The van der Waals surface area contributed by atoms with E-state index < -0.39 is 0 Å². The van der Waals surface area contributed by atoms with Gasteiger partial charge in [0.15, 0.2) is 0 Å². The Labute approximate surface area is 85.9 Å². The van der Waals surface area contributed by atoms with Crippen LogP contribution in [0.2, 0.25) is 0 Å². The minimum atomic E-state index is 0.00111. The molecule has 3 nitrogen and oxygen atoms in total. The monoisotopic (exact) mass is 244 g/mol. The molecular formula is C9H13BrN2O. The van der Waals surface area contributed by atoms with Crippen LogP contribution in [0, 0.1) is 12.8 Å². The Morgan fingerprint density at radius 1 is 1.62 bits per heavy atom. The fourth-order valence-electron chi connectivity index (χ4n) is 1.07. The first-order chi connectivity index (χ1) is 6.02. The van der Waals surface area contributed by atoms with Gasteiger partial charge in [-0.15, -0.1) is 0 Å². The van der Waals surface area contributed by atoms with Crippen molar-refractivity contribution in [1.29, 1.82) is 0 Å². The Kier molecular flexibility index (Phi) is 3.25. The van der Waals surface area contributed by atoms with Crippen LogP contribution in [0.5, 0.6) is 0 Å². The van der Waals surface area contributed by atoms with E-state index in [0.717, 1.165) is 5.69 Å². The van der Waals surface area contributed by atoms with Crippen LogP contribution in [0.3, 0.4) is 0 Å². The Morgan fingerprint density at radius 2 is 2.23 bits per heavy atom. The molecule has 0 bridgehead atoms. The second-order valence-corrected chi connectivity index (χ2v) is 4.29. The zero-order valence-corrected chi connectivity index (χ0v) is 9.63. The van der Waals surface area contributed by atoms with Crippen LogP contribution in [0.1, 0.15) is 19.5 Å². The Balaban J connectivity index is 3.12. The van der Waals surface area contributed by atoms with E-state index in [9.17, 15) is 4.79 Å². The van der Waals surface area contributed by atoms with Crippen molar-refractivity contribution in [2.24, 2.45) is 5.92 Å². The standard InChI is InChI=1S/C9H13BrN2O/c1-6(2)4-12-5-11-7(3)8(10)9(12)13/h5-6H,4H2,1-3H3. The van der Waals surface area contributed by atoms with E-state index in [1.165, 1.54) is 0 Å². The molecule has 1 rings (SSSR count). The zero-order chi connectivity index (χ0) is 10.0. The minimum Gasteiger partial charge on any atom is -0.298 e. The van der Waals surface area contributed by atoms with Crippen LogP contribution in [-0.2, 0) is 6.54 Å². The summed E-state index contributed by atoms with van der Waals surface area (Å²) in [5, 5.41) is 0. The maximum atomic E-state index is 11.6. The van der Waals surface area contributed by atoms with Gasteiger partial charge in [0.05, 0.1) is 12.0 Å². The highest BCUT2D eigenvalue weighted by molar-refractivity contribution is 9.10. The molecule has 0 fully saturated rings. The van der Waals surface area contributed by atoms with Gasteiger partial charge in [-0.1, -0.05) is 13.8 Å². The number of hydrogen-bond donors (Lipinski definition) is 0. The maximum Gasteiger partial charge on any atom is 0.267 e. The first kappa shape index (κ1) is 10.4. The molecule has 0 radical (unpaired) electrons. The third-order valence-electron chi connectivity index (χ3n) is 1.72. The highest BCUT2D eigenvalue weighted by Gasteiger charge is 2.05. The molecule has 0 aromatic carbocycles. The van der Waals surface area contributed by atoms with Gasteiger partial charge in [-0.3, -0.25) is 9.36 Å². The fraction of sp³-hybridized carbons (Fsp3) is 0.556. The number of aromatic nitrogens is 2. The van der Waals surface area contributed by atoms with Crippen molar-refractivity contribution < 1.29 is 0 Å². The van der Waals surface area contributed by atoms with Crippen LogP contribution >= 0.6 is 15.9 Å². The van der Waals surface area contributed by atoms with Gasteiger partial charge in [0.25, 0.3) is 5.56 Å². The van der Waals surface area contributed by atoms with Gasteiger partial charge < -0.3 is 0 Å². The zero-order valence-electron chi connectivity index (χ0n) is 8.04. The summed E-state index contributed by atoms with van der Waals surface area (Å²) in [5.41, 5.74) is 0.742. The third kappa shape index (κ3) is 2.40. The third-order valence-corrected chi connectivity index (χ3v) is 2.63. The molecule has 0 saturated carbocycles. The van der Waals surface area contributed by atoms with Gasteiger partial charge in [-0.25, -0.2) is 4.98 Å². The van der Waals surface area contributed by atoms with Crippen molar-refractivity contribution in [2.45, 2.75) is 27.3 Å². The van der Waals surface area contributed by atoms with E-state index in [-0.39, 0.29) is 5.56 Å². The summed E-state index contributed by atoms with van der Waals surface area (Å²) in [4.78, 5) is 15.7. The molecule has 0 atom stereocenters. The van der Waals surface area contributed by atoms with Crippen molar-refractivity contribution >= 4 is 15.9 Å². The van der Waals surface area contributed by atoms with Crippen molar-refractivity contribution in [3.8, 4) is 0 Å². The fourth-order valence-corrected chi connectivity index (χ4v) is 1.40. The summed E-state index contributed by atoms with van der Waals surface area (Å²) < 4.78 is 2.19. The topological polar surface area (TPSA) is 34.9 Å². The smallest absolute Gasteiger partial charge is 0.267 e. The van der Waals surface area contributed by atoms with Crippen LogP contribution in [0.25, 0.3) is 0 Å². The van der Waals surface area contributed by atoms with Crippen molar-refractivity contribution in [1.82, 2.24) is 9.55 Å². The summed E-state index contributed by atoms with van der Waals surface area (Å²) in [5.74, 6) is 0.453. The van der Waals surface area contributed by atoms with E-state index in [2.05, 4.69) is 34.8 Å². The molecule has 72 valence electrons. The van der Waals surface area contributed by atoms with Crippen LogP contribution in [0.4, 0.5) is 0 Å². The van der Waals surface area contributed by atoms with Crippen molar-refractivity contribution in [2.75, 3.05) is 0 Å². The first-order valence-electron chi connectivity index (χ1n) is 4.24. The number of nitrogens with zero attached hydrogens (tertiary/aromatic N) is 2. The molecule has 0 aliphatic heterocycles. The summed E-state index contributed by atoms with van der Waals surface area (Å²) >= 11 is 3.22. The predicted octanol–water partition coefficient (Wildman–Crippen LogP) is 1.97. The van der Waals surface area contributed by atoms with Crippen molar-refractivity contribution in [3.63, 3.8) is 0 Å². The Hall–Kier alpha value is -0.640. The van der Waals surface area contributed by atoms with Crippen molar-refractivity contribution in [3.05, 3.63) is 26.8 Å². The summed E-state index contributed by atoms with van der Waals surface area (Å²) in [6, 6.07) is 0. The molecule has 4 heteroatoms. The van der Waals surface area contributed by atoms with E-state index in [1.807, 2.05) is 6.92 Å². The molecule has 0 amide bonds. The number of aryl methyl sites for hydroxylation is 1. The lowest BCUT2D eigenvalue weighted by Gasteiger charge is -2.08. The largest absolute Gasteiger partial charge is 0.298 e. The molecule has 1 aromatic rings.